The molecule has 0 aliphatic heterocycles. The van der Waals surface area contributed by atoms with Gasteiger partial charge in [0.25, 0.3) is 0 Å². The minimum atomic E-state index is 0.0409. The standard InChI is InChI=1S/C14H28N/c1-2-14(15)12-10-8-6-4-3-5-7-9-11-13-14/h2H,3-13,15H2,1H3. The molecule has 0 atom stereocenters. The molecule has 1 heteroatoms. The molecule has 0 heterocycles. The Morgan fingerprint density at radius 1 is 0.733 bits per heavy atom. The van der Waals surface area contributed by atoms with Crippen LogP contribution in [0.3, 0.4) is 0 Å². The maximum atomic E-state index is 6.38. The van der Waals surface area contributed by atoms with E-state index in [-0.39, 0.29) is 5.54 Å². The molecule has 1 nitrogen and oxygen atoms in total. The van der Waals surface area contributed by atoms with Crippen LogP contribution in [-0.4, -0.2) is 5.54 Å². The third-order valence-electron chi connectivity index (χ3n) is 3.86. The average molecular weight is 210 g/mol. The highest BCUT2D eigenvalue weighted by molar-refractivity contribution is 4.94. The zero-order valence-electron chi connectivity index (χ0n) is 10.4. The molecule has 0 bridgehead atoms. The third kappa shape index (κ3) is 5.55. The molecule has 15 heavy (non-hydrogen) atoms. The Bertz CT molecular complexity index is 141. The van der Waals surface area contributed by atoms with Gasteiger partial charge in [0.05, 0.1) is 0 Å². The second-order valence-electron chi connectivity index (χ2n) is 5.20. The van der Waals surface area contributed by atoms with Gasteiger partial charge in [-0.15, -0.1) is 0 Å². The fourth-order valence-electron chi connectivity index (χ4n) is 2.56. The Morgan fingerprint density at radius 2 is 1.07 bits per heavy atom. The van der Waals surface area contributed by atoms with E-state index in [4.69, 9.17) is 5.73 Å². The summed E-state index contributed by atoms with van der Waals surface area (Å²) in [5, 5.41) is 0. The van der Waals surface area contributed by atoms with Crippen molar-refractivity contribution in [1.82, 2.24) is 0 Å². The first-order valence-corrected chi connectivity index (χ1v) is 6.86. The van der Waals surface area contributed by atoms with Crippen LogP contribution in [0.4, 0.5) is 0 Å². The lowest BCUT2D eigenvalue weighted by atomic mass is 9.84. The van der Waals surface area contributed by atoms with Crippen LogP contribution >= 0.6 is 0 Å². The summed E-state index contributed by atoms with van der Waals surface area (Å²) in [6.07, 6.45) is 17.2. The van der Waals surface area contributed by atoms with Gasteiger partial charge < -0.3 is 5.73 Å². The molecule has 0 unspecified atom stereocenters. The third-order valence-corrected chi connectivity index (χ3v) is 3.86. The van der Waals surface area contributed by atoms with E-state index < -0.39 is 0 Å². The molecular formula is C14H28N. The van der Waals surface area contributed by atoms with Crippen molar-refractivity contribution in [2.45, 2.75) is 83.1 Å². The van der Waals surface area contributed by atoms with E-state index in [2.05, 4.69) is 13.3 Å². The van der Waals surface area contributed by atoms with Crippen molar-refractivity contribution in [2.24, 2.45) is 5.73 Å². The second kappa shape index (κ2) is 7.27. The largest absolute Gasteiger partial charge is 0.325 e. The van der Waals surface area contributed by atoms with Crippen LogP contribution in [0.1, 0.15) is 77.6 Å². The van der Waals surface area contributed by atoms with E-state index in [0.717, 1.165) is 0 Å². The summed E-state index contributed by atoms with van der Waals surface area (Å²) in [7, 11) is 0. The fraction of sp³-hybridized carbons (Fsp3) is 0.929. The van der Waals surface area contributed by atoms with E-state index in [9.17, 15) is 0 Å². The quantitative estimate of drug-likeness (QED) is 0.689. The summed E-state index contributed by atoms with van der Waals surface area (Å²) in [4.78, 5) is 0. The molecule has 0 aromatic rings. The number of hydrogen-bond donors (Lipinski definition) is 1. The van der Waals surface area contributed by atoms with Gasteiger partial charge in [0.15, 0.2) is 0 Å². The minimum Gasteiger partial charge on any atom is -0.325 e. The summed E-state index contributed by atoms with van der Waals surface area (Å²) in [5.74, 6) is 0. The SMILES string of the molecule is C[CH]C1(N)CCCCCCCCCCC1. The number of nitrogens with two attached hydrogens (primary N) is 1. The highest BCUT2D eigenvalue weighted by atomic mass is 14.7. The Morgan fingerprint density at radius 3 is 1.40 bits per heavy atom. The first-order valence-electron chi connectivity index (χ1n) is 6.86. The summed E-state index contributed by atoms with van der Waals surface area (Å²) in [6.45, 7) is 2.13. The van der Waals surface area contributed by atoms with Gasteiger partial charge in [0, 0.05) is 5.54 Å². The number of rotatable bonds is 1. The van der Waals surface area contributed by atoms with E-state index in [1.54, 1.807) is 0 Å². The maximum Gasteiger partial charge on any atom is 0.0183 e. The van der Waals surface area contributed by atoms with Gasteiger partial charge in [-0.05, 0) is 19.3 Å². The minimum absolute atomic E-state index is 0.0409. The van der Waals surface area contributed by atoms with Crippen molar-refractivity contribution >= 4 is 0 Å². The van der Waals surface area contributed by atoms with Crippen LogP contribution in [0.2, 0.25) is 0 Å². The first-order chi connectivity index (χ1) is 7.27. The molecule has 1 saturated carbocycles. The normalized spacial score (nSPS) is 25.2. The van der Waals surface area contributed by atoms with Crippen molar-refractivity contribution in [1.29, 1.82) is 0 Å². The lowest BCUT2D eigenvalue weighted by molar-refractivity contribution is 0.373. The van der Waals surface area contributed by atoms with Crippen molar-refractivity contribution in [3.05, 3.63) is 6.42 Å². The van der Waals surface area contributed by atoms with Crippen LogP contribution in [0, 0.1) is 6.42 Å². The van der Waals surface area contributed by atoms with Gasteiger partial charge in [-0.25, -0.2) is 0 Å². The molecule has 0 aromatic carbocycles. The Hall–Kier alpha value is -0.0400. The predicted octanol–water partition coefficient (Wildman–Crippen LogP) is 4.21. The van der Waals surface area contributed by atoms with Crippen LogP contribution in [-0.2, 0) is 0 Å². The van der Waals surface area contributed by atoms with E-state index in [0.29, 0.717) is 0 Å². The van der Waals surface area contributed by atoms with Crippen LogP contribution in [0.5, 0.6) is 0 Å². The van der Waals surface area contributed by atoms with Gasteiger partial charge in [-0.1, -0.05) is 64.7 Å². The highest BCUT2D eigenvalue weighted by Gasteiger charge is 2.21. The van der Waals surface area contributed by atoms with E-state index in [1.807, 2.05) is 0 Å². The lowest BCUT2D eigenvalue weighted by Crippen LogP contribution is -2.39. The molecule has 1 aliphatic carbocycles. The molecule has 0 saturated heterocycles. The van der Waals surface area contributed by atoms with Crippen molar-refractivity contribution in [2.75, 3.05) is 0 Å². The Balaban J connectivity index is 2.32. The molecule has 1 fully saturated rings. The monoisotopic (exact) mass is 210 g/mol. The van der Waals surface area contributed by atoms with Gasteiger partial charge in [-0.2, -0.15) is 0 Å². The Labute approximate surface area is 95.8 Å². The average Bonchev–Trinajstić information content (AvgIpc) is 2.23. The topological polar surface area (TPSA) is 26.0 Å². The number of hydrogen-bond acceptors (Lipinski definition) is 1. The Kier molecular flexibility index (Phi) is 6.31. The zero-order valence-corrected chi connectivity index (χ0v) is 10.4. The van der Waals surface area contributed by atoms with Crippen molar-refractivity contribution in [3.63, 3.8) is 0 Å². The molecular weight excluding hydrogens is 182 g/mol. The summed E-state index contributed by atoms with van der Waals surface area (Å²) >= 11 is 0. The second-order valence-corrected chi connectivity index (χ2v) is 5.20. The summed E-state index contributed by atoms with van der Waals surface area (Å²) < 4.78 is 0. The van der Waals surface area contributed by atoms with Crippen LogP contribution in [0.15, 0.2) is 0 Å². The maximum absolute atomic E-state index is 6.38. The molecule has 0 amide bonds. The fourth-order valence-corrected chi connectivity index (χ4v) is 2.56. The van der Waals surface area contributed by atoms with Crippen LogP contribution in [0.25, 0.3) is 0 Å². The molecule has 0 spiro atoms. The molecule has 2 N–H and O–H groups in total. The molecule has 1 rings (SSSR count). The zero-order chi connectivity index (χ0) is 11.0. The summed E-state index contributed by atoms with van der Waals surface area (Å²) in [5.41, 5.74) is 6.42. The molecule has 89 valence electrons. The van der Waals surface area contributed by atoms with Crippen molar-refractivity contribution < 1.29 is 0 Å². The first kappa shape index (κ1) is 13.0. The molecule has 1 radical (unpaired) electrons. The molecule has 0 aromatic heterocycles. The van der Waals surface area contributed by atoms with Gasteiger partial charge in [-0.3, -0.25) is 0 Å². The molecule has 1 aliphatic rings. The predicted molar refractivity (Wildman–Crippen MR) is 67.7 cm³/mol. The van der Waals surface area contributed by atoms with Gasteiger partial charge >= 0.3 is 0 Å². The van der Waals surface area contributed by atoms with Crippen LogP contribution < -0.4 is 5.73 Å². The highest BCUT2D eigenvalue weighted by Crippen LogP contribution is 2.24. The van der Waals surface area contributed by atoms with Gasteiger partial charge in [0.1, 0.15) is 0 Å². The summed E-state index contributed by atoms with van der Waals surface area (Å²) in [6, 6.07) is 0. The van der Waals surface area contributed by atoms with E-state index >= 15 is 0 Å². The smallest absolute Gasteiger partial charge is 0.0183 e. The van der Waals surface area contributed by atoms with Crippen molar-refractivity contribution in [3.8, 4) is 0 Å². The van der Waals surface area contributed by atoms with Gasteiger partial charge in [0.2, 0.25) is 0 Å². The lowest BCUT2D eigenvalue weighted by Gasteiger charge is -2.28. The van der Waals surface area contributed by atoms with E-state index in [1.165, 1.54) is 70.6 Å².